The third-order valence-corrected chi connectivity index (χ3v) is 1.34. The van der Waals surface area contributed by atoms with Crippen LogP contribution in [-0.2, 0) is 9.53 Å². The van der Waals surface area contributed by atoms with E-state index in [1.54, 1.807) is 0 Å². The minimum atomic E-state index is -0.129. The first-order chi connectivity index (χ1) is 5.16. The van der Waals surface area contributed by atoms with Crippen LogP contribution in [0, 0.1) is 0 Å². The van der Waals surface area contributed by atoms with Gasteiger partial charge in [-0.05, 0) is 13.0 Å². The Hall–Kier alpha value is -0.570. The predicted molar refractivity (Wildman–Crippen MR) is 44.4 cm³/mol. The van der Waals surface area contributed by atoms with Crippen LogP contribution in [0.2, 0.25) is 0 Å². The molecular formula is C8H17NO2. The molecule has 0 heterocycles. The number of methoxy groups -OCH3 is 1. The fourth-order valence-electron chi connectivity index (χ4n) is 0.726. The molecule has 0 fully saturated rings. The van der Waals surface area contributed by atoms with Gasteiger partial charge in [0, 0.05) is 12.5 Å². The predicted octanol–water partition coefficient (Wildman–Crippen LogP) is 0.938. The molecule has 11 heavy (non-hydrogen) atoms. The lowest BCUT2D eigenvalue weighted by Gasteiger charge is -2.06. The molecule has 0 rings (SSSR count). The number of ether oxygens (including phenoxy) is 1. The summed E-state index contributed by atoms with van der Waals surface area (Å²) in [5, 5.41) is 3.22. The summed E-state index contributed by atoms with van der Waals surface area (Å²) in [6, 6.07) is 0.493. The highest BCUT2D eigenvalue weighted by molar-refractivity contribution is 5.68. The Morgan fingerprint density at radius 2 is 2.18 bits per heavy atom. The highest BCUT2D eigenvalue weighted by atomic mass is 16.5. The van der Waals surface area contributed by atoms with Gasteiger partial charge in [0.1, 0.15) is 0 Å². The molecule has 0 aromatic rings. The fourth-order valence-corrected chi connectivity index (χ4v) is 0.726. The quantitative estimate of drug-likeness (QED) is 0.479. The fraction of sp³-hybridized carbons (Fsp3) is 0.875. The van der Waals surface area contributed by atoms with E-state index in [0.29, 0.717) is 12.5 Å². The van der Waals surface area contributed by atoms with E-state index in [4.69, 9.17) is 0 Å². The van der Waals surface area contributed by atoms with E-state index in [2.05, 4.69) is 23.9 Å². The number of rotatable bonds is 5. The molecule has 66 valence electrons. The first kappa shape index (κ1) is 10.4. The molecule has 0 aliphatic rings. The number of carbonyl (C=O) groups is 1. The van der Waals surface area contributed by atoms with Crippen LogP contribution in [0.3, 0.4) is 0 Å². The molecule has 0 bridgehead atoms. The maximum Gasteiger partial charge on any atom is 0.305 e. The molecule has 0 aromatic heterocycles. The van der Waals surface area contributed by atoms with Gasteiger partial charge in [0.2, 0.25) is 0 Å². The van der Waals surface area contributed by atoms with Crippen LogP contribution in [0.5, 0.6) is 0 Å². The van der Waals surface area contributed by atoms with Gasteiger partial charge in [-0.2, -0.15) is 0 Å². The molecule has 0 saturated heterocycles. The van der Waals surface area contributed by atoms with Crippen molar-refractivity contribution in [3.63, 3.8) is 0 Å². The second-order valence-electron chi connectivity index (χ2n) is 2.79. The lowest BCUT2D eigenvalue weighted by Crippen LogP contribution is -2.24. The van der Waals surface area contributed by atoms with Gasteiger partial charge in [0.25, 0.3) is 0 Å². The van der Waals surface area contributed by atoms with Crippen LogP contribution >= 0.6 is 0 Å². The standard InChI is InChI=1S/C8H17NO2/c1-7(2)9-6-4-5-8(10)11-3/h7,9H,4-6H2,1-3H3. The van der Waals surface area contributed by atoms with E-state index in [0.717, 1.165) is 13.0 Å². The zero-order valence-corrected chi connectivity index (χ0v) is 7.52. The third-order valence-electron chi connectivity index (χ3n) is 1.34. The largest absolute Gasteiger partial charge is 0.469 e. The molecule has 3 nitrogen and oxygen atoms in total. The second-order valence-corrected chi connectivity index (χ2v) is 2.79. The number of hydrogen-bond acceptors (Lipinski definition) is 3. The average Bonchev–Trinajstić information content (AvgIpc) is 1.97. The van der Waals surface area contributed by atoms with Crippen molar-refractivity contribution in [1.29, 1.82) is 0 Å². The van der Waals surface area contributed by atoms with E-state index in [9.17, 15) is 4.79 Å². The van der Waals surface area contributed by atoms with Gasteiger partial charge in [-0.1, -0.05) is 13.8 Å². The summed E-state index contributed by atoms with van der Waals surface area (Å²) in [7, 11) is 1.41. The monoisotopic (exact) mass is 159 g/mol. The smallest absolute Gasteiger partial charge is 0.305 e. The first-order valence-electron chi connectivity index (χ1n) is 3.97. The van der Waals surface area contributed by atoms with E-state index >= 15 is 0 Å². The Balaban J connectivity index is 3.08. The molecule has 0 aliphatic carbocycles. The average molecular weight is 159 g/mol. The highest BCUT2D eigenvalue weighted by Crippen LogP contribution is 1.90. The Bertz CT molecular complexity index is 113. The summed E-state index contributed by atoms with van der Waals surface area (Å²) < 4.78 is 4.49. The summed E-state index contributed by atoms with van der Waals surface area (Å²) in [6.07, 6.45) is 1.36. The number of nitrogens with one attached hydrogen (secondary N) is 1. The molecule has 0 saturated carbocycles. The molecule has 0 aromatic carbocycles. The summed E-state index contributed by atoms with van der Waals surface area (Å²) in [4.78, 5) is 10.6. The van der Waals surface area contributed by atoms with Gasteiger partial charge in [0.15, 0.2) is 0 Å². The number of carbonyl (C=O) groups excluding carboxylic acids is 1. The van der Waals surface area contributed by atoms with Gasteiger partial charge in [0.05, 0.1) is 7.11 Å². The topological polar surface area (TPSA) is 38.3 Å². The molecule has 0 atom stereocenters. The lowest BCUT2D eigenvalue weighted by atomic mass is 10.3. The van der Waals surface area contributed by atoms with Crippen molar-refractivity contribution in [2.75, 3.05) is 13.7 Å². The summed E-state index contributed by atoms with van der Waals surface area (Å²) >= 11 is 0. The van der Waals surface area contributed by atoms with Crippen molar-refractivity contribution < 1.29 is 9.53 Å². The van der Waals surface area contributed by atoms with Crippen molar-refractivity contribution in [1.82, 2.24) is 5.32 Å². The Morgan fingerprint density at radius 3 is 2.64 bits per heavy atom. The molecule has 1 N–H and O–H groups in total. The molecule has 0 unspecified atom stereocenters. The molecule has 0 amide bonds. The van der Waals surface area contributed by atoms with E-state index in [1.165, 1.54) is 7.11 Å². The van der Waals surface area contributed by atoms with E-state index < -0.39 is 0 Å². The van der Waals surface area contributed by atoms with Crippen LogP contribution < -0.4 is 5.32 Å². The zero-order valence-electron chi connectivity index (χ0n) is 7.52. The minimum absolute atomic E-state index is 0.129. The second kappa shape index (κ2) is 6.16. The Kier molecular flexibility index (Phi) is 5.84. The van der Waals surface area contributed by atoms with Crippen molar-refractivity contribution in [2.45, 2.75) is 32.7 Å². The van der Waals surface area contributed by atoms with Crippen LogP contribution in [0.25, 0.3) is 0 Å². The van der Waals surface area contributed by atoms with Crippen LogP contribution in [-0.4, -0.2) is 25.7 Å². The SMILES string of the molecule is COC(=O)CCCNC(C)C. The highest BCUT2D eigenvalue weighted by Gasteiger charge is 1.98. The summed E-state index contributed by atoms with van der Waals surface area (Å²) in [5.41, 5.74) is 0. The molecule has 0 spiro atoms. The van der Waals surface area contributed by atoms with Gasteiger partial charge in [-0.3, -0.25) is 4.79 Å². The first-order valence-corrected chi connectivity index (χ1v) is 3.97. The van der Waals surface area contributed by atoms with Crippen LogP contribution in [0.4, 0.5) is 0 Å². The summed E-state index contributed by atoms with van der Waals surface area (Å²) in [6.45, 7) is 5.04. The van der Waals surface area contributed by atoms with E-state index in [1.807, 2.05) is 0 Å². The van der Waals surface area contributed by atoms with E-state index in [-0.39, 0.29) is 5.97 Å². The Labute approximate surface area is 68.1 Å². The maximum atomic E-state index is 10.6. The van der Waals surface area contributed by atoms with Crippen molar-refractivity contribution in [2.24, 2.45) is 0 Å². The van der Waals surface area contributed by atoms with Gasteiger partial charge >= 0.3 is 5.97 Å². The van der Waals surface area contributed by atoms with Gasteiger partial charge in [-0.25, -0.2) is 0 Å². The molecular weight excluding hydrogens is 142 g/mol. The van der Waals surface area contributed by atoms with Crippen molar-refractivity contribution >= 4 is 5.97 Å². The maximum absolute atomic E-state index is 10.6. The molecule has 0 aliphatic heterocycles. The van der Waals surface area contributed by atoms with Crippen molar-refractivity contribution in [3.05, 3.63) is 0 Å². The normalized spacial score (nSPS) is 10.2. The Morgan fingerprint density at radius 1 is 1.55 bits per heavy atom. The lowest BCUT2D eigenvalue weighted by molar-refractivity contribution is -0.140. The minimum Gasteiger partial charge on any atom is -0.469 e. The number of hydrogen-bond donors (Lipinski definition) is 1. The third kappa shape index (κ3) is 7.33. The molecule has 3 heteroatoms. The van der Waals surface area contributed by atoms with Gasteiger partial charge in [-0.15, -0.1) is 0 Å². The van der Waals surface area contributed by atoms with Crippen LogP contribution in [0.1, 0.15) is 26.7 Å². The zero-order chi connectivity index (χ0) is 8.69. The van der Waals surface area contributed by atoms with Crippen molar-refractivity contribution in [3.8, 4) is 0 Å². The number of esters is 1. The summed E-state index contributed by atoms with van der Waals surface area (Å²) in [5.74, 6) is -0.129. The molecule has 0 radical (unpaired) electrons. The van der Waals surface area contributed by atoms with Gasteiger partial charge < -0.3 is 10.1 Å². The van der Waals surface area contributed by atoms with Crippen LogP contribution in [0.15, 0.2) is 0 Å².